The number of thiazole rings is 1. The van der Waals surface area contributed by atoms with E-state index in [1.54, 1.807) is 29.8 Å². The number of carbonyl (C=O) groups excluding carboxylic acids is 1. The van der Waals surface area contributed by atoms with Crippen molar-refractivity contribution in [3.05, 3.63) is 59.6 Å². The van der Waals surface area contributed by atoms with Crippen LogP contribution < -0.4 is 14.8 Å². The molecule has 1 atom stereocenters. The Kier molecular flexibility index (Phi) is 7.48. The number of hydrogen-bond acceptors (Lipinski definition) is 8. The molecule has 10 heteroatoms. The molecule has 0 saturated carbocycles. The van der Waals surface area contributed by atoms with Crippen LogP contribution in [0.3, 0.4) is 0 Å². The second-order valence-electron chi connectivity index (χ2n) is 6.53. The maximum absolute atomic E-state index is 13.5. The highest BCUT2D eigenvalue weighted by Crippen LogP contribution is 2.39. The molecule has 0 aliphatic heterocycles. The van der Waals surface area contributed by atoms with Crippen molar-refractivity contribution in [3.63, 3.8) is 0 Å². The molecule has 0 saturated heterocycles. The summed E-state index contributed by atoms with van der Waals surface area (Å²) in [5.41, 5.74) is 0.619. The number of methoxy groups -OCH3 is 1. The van der Waals surface area contributed by atoms with Gasteiger partial charge in [-0.25, -0.2) is 18.8 Å². The Balaban J connectivity index is 2.15. The van der Waals surface area contributed by atoms with Crippen LogP contribution in [0.4, 0.5) is 10.8 Å². The molecule has 0 aliphatic carbocycles. The minimum Gasteiger partial charge on any atom is -0.465 e. The summed E-state index contributed by atoms with van der Waals surface area (Å²) in [7, 11) is -2.36. The van der Waals surface area contributed by atoms with Crippen molar-refractivity contribution in [2.45, 2.75) is 24.7 Å². The molecule has 3 N–H and O–H groups in total. The molecule has 1 aromatic heterocycles. The SMILES string of the molecule is CCCCNc1cc(C(=O)OC)cc(S(=N)(=O)Nc2nccs2)c1Oc1ccccc1. The first-order chi connectivity index (χ1) is 14.9. The van der Waals surface area contributed by atoms with E-state index in [1.807, 2.05) is 18.2 Å². The molecule has 0 amide bonds. The van der Waals surface area contributed by atoms with Gasteiger partial charge in [0.2, 0.25) is 0 Å². The Bertz CT molecular complexity index is 1120. The number of ether oxygens (including phenoxy) is 2. The smallest absolute Gasteiger partial charge is 0.337 e. The number of benzene rings is 2. The van der Waals surface area contributed by atoms with Gasteiger partial charge in [0, 0.05) is 18.1 Å². The summed E-state index contributed by atoms with van der Waals surface area (Å²) in [6, 6.07) is 11.9. The highest BCUT2D eigenvalue weighted by molar-refractivity contribution is 7.94. The van der Waals surface area contributed by atoms with E-state index in [0.717, 1.165) is 12.8 Å². The summed E-state index contributed by atoms with van der Waals surface area (Å²) < 4.78 is 35.6. The van der Waals surface area contributed by atoms with Crippen molar-refractivity contribution in [3.8, 4) is 11.5 Å². The first-order valence-electron chi connectivity index (χ1n) is 9.63. The van der Waals surface area contributed by atoms with Crippen LogP contribution >= 0.6 is 11.3 Å². The van der Waals surface area contributed by atoms with Crippen LogP contribution in [0.25, 0.3) is 0 Å². The summed E-state index contributed by atoms with van der Waals surface area (Å²) in [5, 5.41) is 5.28. The van der Waals surface area contributed by atoms with Gasteiger partial charge in [0.25, 0.3) is 0 Å². The highest BCUT2D eigenvalue weighted by Gasteiger charge is 2.25. The van der Waals surface area contributed by atoms with Crippen LogP contribution in [0.1, 0.15) is 30.1 Å². The van der Waals surface area contributed by atoms with E-state index >= 15 is 0 Å². The zero-order valence-electron chi connectivity index (χ0n) is 17.2. The number of rotatable bonds is 10. The number of anilines is 2. The molecule has 3 aromatic rings. The molecule has 2 aromatic carbocycles. The lowest BCUT2D eigenvalue weighted by Crippen LogP contribution is -2.15. The Hall–Kier alpha value is -3.11. The fourth-order valence-corrected chi connectivity index (χ4v) is 4.78. The molecule has 0 bridgehead atoms. The van der Waals surface area contributed by atoms with E-state index in [1.165, 1.54) is 24.5 Å². The van der Waals surface area contributed by atoms with E-state index in [0.29, 0.717) is 23.1 Å². The molecule has 8 nitrogen and oxygen atoms in total. The minimum absolute atomic E-state index is 0.0217. The average molecular weight is 461 g/mol. The van der Waals surface area contributed by atoms with Gasteiger partial charge in [-0.15, -0.1) is 11.3 Å². The Morgan fingerprint density at radius 2 is 2.03 bits per heavy atom. The minimum atomic E-state index is -3.63. The molecule has 1 heterocycles. The number of esters is 1. The average Bonchev–Trinajstić information content (AvgIpc) is 3.27. The van der Waals surface area contributed by atoms with Gasteiger partial charge in [0.1, 0.15) is 10.6 Å². The molecule has 31 heavy (non-hydrogen) atoms. The van der Waals surface area contributed by atoms with Crippen LogP contribution in [0.2, 0.25) is 0 Å². The number of nitrogens with zero attached hydrogens (tertiary/aromatic N) is 1. The van der Waals surface area contributed by atoms with E-state index in [9.17, 15) is 9.00 Å². The number of para-hydroxylation sites is 1. The standard InChI is InChI=1S/C21H24N4O4S2/c1-3-4-10-23-17-13-15(20(26)28-2)14-18(19(17)29-16-8-6-5-7-9-16)31(22,27)25-21-24-11-12-30-21/h5-9,11-14,23H,3-4,10H2,1-2H3,(H2,22,24,25,27). The van der Waals surface area contributed by atoms with Gasteiger partial charge < -0.3 is 14.8 Å². The third-order valence-electron chi connectivity index (χ3n) is 4.26. The Morgan fingerprint density at radius 1 is 1.26 bits per heavy atom. The van der Waals surface area contributed by atoms with Crippen LogP contribution in [-0.4, -0.2) is 28.8 Å². The van der Waals surface area contributed by atoms with Crippen LogP contribution in [-0.2, 0) is 14.7 Å². The van der Waals surface area contributed by atoms with Crippen molar-refractivity contribution in [1.29, 1.82) is 4.78 Å². The van der Waals surface area contributed by atoms with E-state index in [2.05, 4.69) is 21.9 Å². The van der Waals surface area contributed by atoms with Gasteiger partial charge in [0.05, 0.1) is 18.4 Å². The molecular formula is C21H24N4O4S2. The molecule has 1 unspecified atom stereocenters. The fourth-order valence-electron chi connectivity index (χ4n) is 2.75. The zero-order chi connectivity index (χ0) is 22.3. The van der Waals surface area contributed by atoms with E-state index in [-0.39, 0.29) is 16.2 Å². The van der Waals surface area contributed by atoms with Crippen molar-refractivity contribution >= 4 is 38.0 Å². The van der Waals surface area contributed by atoms with E-state index in [4.69, 9.17) is 14.3 Å². The van der Waals surface area contributed by atoms with Gasteiger partial charge >= 0.3 is 5.97 Å². The van der Waals surface area contributed by atoms with Gasteiger partial charge in [0.15, 0.2) is 20.8 Å². The lowest BCUT2D eigenvalue weighted by atomic mass is 10.1. The first-order valence-corrected chi connectivity index (χ1v) is 12.1. The van der Waals surface area contributed by atoms with Gasteiger partial charge in [-0.1, -0.05) is 31.5 Å². The second kappa shape index (κ2) is 10.3. The monoisotopic (exact) mass is 460 g/mol. The van der Waals surface area contributed by atoms with Crippen LogP contribution in [0.15, 0.2) is 58.9 Å². The summed E-state index contributed by atoms with van der Waals surface area (Å²) in [6.07, 6.45) is 3.40. The number of unbranched alkanes of at least 4 members (excludes halogenated alkanes) is 1. The van der Waals surface area contributed by atoms with Crippen molar-refractivity contribution in [2.24, 2.45) is 0 Å². The molecular weight excluding hydrogens is 436 g/mol. The van der Waals surface area contributed by atoms with Crippen molar-refractivity contribution < 1.29 is 18.5 Å². The molecule has 3 rings (SSSR count). The summed E-state index contributed by atoms with van der Waals surface area (Å²) in [5.74, 6) is 0.118. The van der Waals surface area contributed by atoms with Crippen LogP contribution in [0.5, 0.6) is 11.5 Å². The lowest BCUT2D eigenvalue weighted by Gasteiger charge is -2.20. The quantitative estimate of drug-likeness (QED) is 0.277. The largest absolute Gasteiger partial charge is 0.465 e. The highest BCUT2D eigenvalue weighted by atomic mass is 32.2. The first kappa shape index (κ1) is 22.6. The Morgan fingerprint density at radius 3 is 2.68 bits per heavy atom. The normalized spacial score (nSPS) is 12.6. The Labute approximate surface area is 185 Å². The number of hydrogen-bond donors (Lipinski definition) is 3. The van der Waals surface area contributed by atoms with E-state index < -0.39 is 15.9 Å². The van der Waals surface area contributed by atoms with Gasteiger partial charge in [-0.2, -0.15) is 0 Å². The maximum Gasteiger partial charge on any atom is 0.337 e. The molecule has 0 spiro atoms. The predicted molar refractivity (Wildman–Crippen MR) is 123 cm³/mol. The maximum atomic E-state index is 13.5. The third kappa shape index (κ3) is 5.74. The molecule has 164 valence electrons. The molecule has 0 aliphatic rings. The lowest BCUT2D eigenvalue weighted by molar-refractivity contribution is 0.0600. The molecule has 0 radical (unpaired) electrons. The fraction of sp³-hybridized carbons (Fsp3) is 0.238. The summed E-state index contributed by atoms with van der Waals surface area (Å²) >= 11 is 1.22. The predicted octanol–water partition coefficient (Wildman–Crippen LogP) is 5.37. The van der Waals surface area contributed by atoms with Crippen molar-refractivity contribution in [2.75, 3.05) is 23.7 Å². The number of nitrogens with one attached hydrogen (secondary N) is 3. The van der Waals surface area contributed by atoms with Gasteiger partial charge in [-0.05, 0) is 30.7 Å². The molecule has 0 fully saturated rings. The van der Waals surface area contributed by atoms with Crippen LogP contribution in [0, 0.1) is 4.78 Å². The number of aromatic nitrogens is 1. The zero-order valence-corrected chi connectivity index (χ0v) is 18.8. The van der Waals surface area contributed by atoms with Gasteiger partial charge in [-0.3, -0.25) is 4.72 Å². The summed E-state index contributed by atoms with van der Waals surface area (Å²) in [6.45, 7) is 2.68. The number of carbonyl (C=O) groups is 1. The third-order valence-corrected chi connectivity index (χ3v) is 6.48. The summed E-state index contributed by atoms with van der Waals surface area (Å²) in [4.78, 5) is 16.4. The topological polar surface area (TPSA) is 113 Å². The van der Waals surface area contributed by atoms with Crippen molar-refractivity contribution in [1.82, 2.24) is 4.98 Å². The second-order valence-corrected chi connectivity index (χ2v) is 9.18.